The summed E-state index contributed by atoms with van der Waals surface area (Å²) in [4.78, 5) is 13.4. The zero-order chi connectivity index (χ0) is 21.3. The second-order valence-corrected chi connectivity index (χ2v) is 7.80. The van der Waals surface area contributed by atoms with Gasteiger partial charge in [0.15, 0.2) is 0 Å². The largest absolute Gasteiger partial charge is 0.433 e. The summed E-state index contributed by atoms with van der Waals surface area (Å²) in [5.74, 6) is 0.108. The molecule has 1 aliphatic heterocycles. The predicted octanol–water partition coefficient (Wildman–Crippen LogP) is 6.48. The minimum absolute atomic E-state index is 0.108. The highest BCUT2D eigenvalue weighted by Gasteiger charge is 2.36. The molecule has 1 atom stereocenters. The van der Waals surface area contributed by atoms with Crippen molar-refractivity contribution in [3.63, 3.8) is 0 Å². The summed E-state index contributed by atoms with van der Waals surface area (Å²) in [6.45, 7) is 2.61. The molecule has 1 aliphatic rings. The van der Waals surface area contributed by atoms with Gasteiger partial charge in [-0.1, -0.05) is 30.7 Å². The zero-order valence-corrected chi connectivity index (χ0v) is 17.3. The lowest BCUT2D eigenvalue weighted by atomic mass is 9.94. The second-order valence-electron chi connectivity index (χ2n) is 7.36. The molecule has 30 heavy (non-hydrogen) atoms. The minimum atomic E-state index is -4.50. The molecule has 8 heteroatoms. The number of aromatic amines is 1. The first-order valence-electron chi connectivity index (χ1n) is 10.0. The molecule has 4 rings (SSSR count). The van der Waals surface area contributed by atoms with Gasteiger partial charge in [-0.25, -0.2) is 9.97 Å². The fourth-order valence-corrected chi connectivity index (χ4v) is 4.23. The average Bonchev–Trinajstić information content (AvgIpc) is 3.09. The Morgan fingerprint density at radius 3 is 2.87 bits per heavy atom. The van der Waals surface area contributed by atoms with Gasteiger partial charge in [-0.2, -0.15) is 13.2 Å². The minimum Gasteiger partial charge on any atom is -0.356 e. The Morgan fingerprint density at radius 2 is 2.10 bits per heavy atom. The standard InChI is InChI=1S/C22H22ClF3N4/c1-2-3-4-5-6-18-20-15(16-13-14(23)7-8-17(16)28-20)10-12-30(18)21-27-11-9-19(29-21)22(24,25)26/h3-4,7-9,11,13,18,28H,2,5-6,10,12H2,1H3/b4-3-. The van der Waals surface area contributed by atoms with E-state index in [0.29, 0.717) is 18.0 Å². The van der Waals surface area contributed by atoms with Gasteiger partial charge in [0, 0.05) is 34.4 Å². The molecular weight excluding hydrogens is 413 g/mol. The number of nitrogens with one attached hydrogen (secondary N) is 1. The van der Waals surface area contributed by atoms with Gasteiger partial charge in [0.05, 0.1) is 6.04 Å². The maximum absolute atomic E-state index is 13.2. The van der Waals surface area contributed by atoms with Gasteiger partial charge in [0.1, 0.15) is 5.69 Å². The Balaban J connectivity index is 1.75. The molecule has 1 N–H and O–H groups in total. The van der Waals surface area contributed by atoms with Crippen LogP contribution in [0.5, 0.6) is 0 Å². The molecule has 0 bridgehead atoms. The van der Waals surface area contributed by atoms with Gasteiger partial charge in [0.25, 0.3) is 0 Å². The highest BCUT2D eigenvalue weighted by molar-refractivity contribution is 6.31. The molecule has 0 aliphatic carbocycles. The normalized spacial score (nSPS) is 17.1. The van der Waals surface area contributed by atoms with Gasteiger partial charge in [0.2, 0.25) is 5.95 Å². The van der Waals surface area contributed by atoms with Crippen LogP contribution in [0.1, 0.15) is 49.2 Å². The summed E-state index contributed by atoms with van der Waals surface area (Å²) in [7, 11) is 0. The number of halogens is 4. The Labute approximate surface area is 177 Å². The number of aromatic nitrogens is 3. The number of alkyl halides is 3. The predicted molar refractivity (Wildman–Crippen MR) is 113 cm³/mol. The van der Waals surface area contributed by atoms with Crippen LogP contribution in [0, 0.1) is 0 Å². The molecule has 1 aromatic carbocycles. The van der Waals surface area contributed by atoms with E-state index >= 15 is 0 Å². The number of hydrogen-bond acceptors (Lipinski definition) is 3. The van der Waals surface area contributed by atoms with Crippen molar-refractivity contribution in [2.45, 2.75) is 44.8 Å². The van der Waals surface area contributed by atoms with E-state index in [0.717, 1.165) is 41.9 Å². The molecule has 0 spiro atoms. The zero-order valence-electron chi connectivity index (χ0n) is 16.5. The van der Waals surface area contributed by atoms with E-state index in [1.54, 1.807) is 0 Å². The van der Waals surface area contributed by atoms with Gasteiger partial charge in [-0.05, 0) is 55.5 Å². The van der Waals surface area contributed by atoms with Crippen LogP contribution in [0.15, 0.2) is 42.6 Å². The van der Waals surface area contributed by atoms with Crippen LogP contribution in [0.2, 0.25) is 5.02 Å². The van der Waals surface area contributed by atoms with Crippen molar-refractivity contribution in [2.75, 3.05) is 11.4 Å². The molecule has 3 heterocycles. The summed E-state index contributed by atoms with van der Waals surface area (Å²) < 4.78 is 39.6. The molecule has 158 valence electrons. The van der Waals surface area contributed by atoms with Crippen LogP contribution in [0.25, 0.3) is 10.9 Å². The van der Waals surface area contributed by atoms with E-state index in [1.165, 1.54) is 11.8 Å². The first-order chi connectivity index (χ1) is 14.4. The molecule has 0 fully saturated rings. The molecule has 3 aromatic rings. The number of hydrogen-bond donors (Lipinski definition) is 1. The van der Waals surface area contributed by atoms with E-state index in [2.05, 4.69) is 34.0 Å². The number of H-pyrrole nitrogens is 1. The number of allylic oxidation sites excluding steroid dienone is 2. The van der Waals surface area contributed by atoms with Gasteiger partial charge < -0.3 is 9.88 Å². The molecule has 1 unspecified atom stereocenters. The van der Waals surface area contributed by atoms with Crippen molar-refractivity contribution in [3.05, 3.63) is 64.6 Å². The number of rotatable bonds is 5. The van der Waals surface area contributed by atoms with Crippen molar-refractivity contribution >= 4 is 28.5 Å². The first-order valence-corrected chi connectivity index (χ1v) is 10.4. The van der Waals surface area contributed by atoms with Gasteiger partial charge in [-0.3, -0.25) is 0 Å². The van der Waals surface area contributed by atoms with Crippen LogP contribution in [-0.4, -0.2) is 21.5 Å². The fourth-order valence-electron chi connectivity index (χ4n) is 4.06. The summed E-state index contributed by atoms with van der Waals surface area (Å²) in [6.07, 6.45) is 4.05. The fraction of sp³-hybridized carbons (Fsp3) is 0.364. The third-order valence-electron chi connectivity index (χ3n) is 5.41. The number of fused-ring (bicyclic) bond motifs is 3. The van der Waals surface area contributed by atoms with E-state index in [4.69, 9.17) is 11.6 Å². The van der Waals surface area contributed by atoms with E-state index in [-0.39, 0.29) is 12.0 Å². The monoisotopic (exact) mass is 434 g/mol. The topological polar surface area (TPSA) is 44.8 Å². The van der Waals surface area contributed by atoms with E-state index < -0.39 is 11.9 Å². The van der Waals surface area contributed by atoms with Crippen LogP contribution >= 0.6 is 11.6 Å². The highest BCUT2D eigenvalue weighted by Crippen LogP contribution is 2.39. The third-order valence-corrected chi connectivity index (χ3v) is 5.65. The van der Waals surface area contributed by atoms with E-state index in [9.17, 15) is 13.2 Å². The molecule has 0 amide bonds. The smallest absolute Gasteiger partial charge is 0.356 e. The quantitative estimate of drug-likeness (QED) is 0.467. The number of anilines is 1. The molecule has 0 radical (unpaired) electrons. The third kappa shape index (κ3) is 4.03. The lowest BCUT2D eigenvalue weighted by Gasteiger charge is -2.36. The van der Waals surface area contributed by atoms with Crippen LogP contribution in [-0.2, 0) is 12.6 Å². The molecular formula is C22H22ClF3N4. The summed E-state index contributed by atoms with van der Waals surface area (Å²) in [6, 6.07) is 6.47. The summed E-state index contributed by atoms with van der Waals surface area (Å²) in [5, 5.41) is 1.73. The Kier molecular flexibility index (Phi) is 5.73. The van der Waals surface area contributed by atoms with Crippen molar-refractivity contribution < 1.29 is 13.2 Å². The Morgan fingerprint density at radius 1 is 1.27 bits per heavy atom. The van der Waals surface area contributed by atoms with Crippen molar-refractivity contribution in [2.24, 2.45) is 0 Å². The first kappa shape index (κ1) is 20.7. The van der Waals surface area contributed by atoms with Gasteiger partial charge >= 0.3 is 6.18 Å². The van der Waals surface area contributed by atoms with E-state index in [1.807, 2.05) is 23.1 Å². The SMILES string of the molecule is CC/C=C\CCC1c2[nH]c3ccc(Cl)cc3c2CCN1c1nccc(C(F)(F)F)n1. The van der Waals surface area contributed by atoms with Crippen molar-refractivity contribution in [3.8, 4) is 0 Å². The lowest BCUT2D eigenvalue weighted by molar-refractivity contribution is -0.141. The molecule has 0 saturated carbocycles. The molecule has 2 aromatic heterocycles. The summed E-state index contributed by atoms with van der Waals surface area (Å²) >= 11 is 6.20. The lowest BCUT2D eigenvalue weighted by Crippen LogP contribution is -2.37. The van der Waals surface area contributed by atoms with Crippen LogP contribution < -0.4 is 4.90 Å². The number of benzene rings is 1. The van der Waals surface area contributed by atoms with Gasteiger partial charge in [-0.15, -0.1) is 0 Å². The Hall–Kier alpha value is -2.54. The average molecular weight is 435 g/mol. The Bertz CT molecular complexity index is 1070. The summed E-state index contributed by atoms with van der Waals surface area (Å²) in [5.41, 5.74) is 2.22. The molecule has 0 saturated heterocycles. The number of nitrogens with zero attached hydrogens (tertiary/aromatic N) is 3. The van der Waals surface area contributed by atoms with Crippen molar-refractivity contribution in [1.82, 2.24) is 15.0 Å². The highest BCUT2D eigenvalue weighted by atomic mass is 35.5. The maximum atomic E-state index is 13.2. The van der Waals surface area contributed by atoms with Crippen LogP contribution in [0.3, 0.4) is 0 Å². The molecule has 4 nitrogen and oxygen atoms in total. The maximum Gasteiger partial charge on any atom is 0.433 e. The van der Waals surface area contributed by atoms with Crippen molar-refractivity contribution in [1.29, 1.82) is 0 Å². The van der Waals surface area contributed by atoms with Crippen LogP contribution in [0.4, 0.5) is 19.1 Å². The second kappa shape index (κ2) is 8.30.